The van der Waals surface area contributed by atoms with Gasteiger partial charge in [-0.3, -0.25) is 4.79 Å². The average molecular weight is 348 g/mol. The predicted octanol–water partition coefficient (Wildman–Crippen LogP) is 2.19. The molecule has 1 saturated heterocycles. The molecule has 1 unspecified atom stereocenters. The van der Waals surface area contributed by atoms with Gasteiger partial charge in [-0.2, -0.15) is 0 Å². The molecule has 5 nitrogen and oxygen atoms in total. The lowest BCUT2D eigenvalue weighted by Gasteiger charge is -2.10. The SMILES string of the molecule is Cc1cc(C)c2[nH]c(C)c(CC(=O)NCC3CCS(=O)(=O)C3)c2c1. The standard InChI is InChI=1S/C18H24N2O3S/c1-11-6-12(2)18-16(7-11)15(13(3)20-18)8-17(21)19-9-14-4-5-24(22,23)10-14/h6-7,14,20H,4-5,8-10H2,1-3H3,(H,19,21). The fourth-order valence-corrected chi connectivity index (χ4v) is 5.44. The summed E-state index contributed by atoms with van der Waals surface area (Å²) in [6, 6.07) is 4.24. The molecule has 6 heteroatoms. The summed E-state index contributed by atoms with van der Waals surface area (Å²) in [4.78, 5) is 15.7. The van der Waals surface area contributed by atoms with Crippen molar-refractivity contribution in [1.82, 2.24) is 10.3 Å². The van der Waals surface area contributed by atoms with Crippen LogP contribution in [0.4, 0.5) is 0 Å². The predicted molar refractivity (Wildman–Crippen MR) is 96.0 cm³/mol. The Labute approximate surface area is 142 Å². The maximum atomic E-state index is 12.3. The number of rotatable bonds is 4. The van der Waals surface area contributed by atoms with Crippen LogP contribution in [0.5, 0.6) is 0 Å². The van der Waals surface area contributed by atoms with E-state index in [2.05, 4.69) is 36.3 Å². The van der Waals surface area contributed by atoms with Gasteiger partial charge in [0, 0.05) is 23.1 Å². The molecule has 3 rings (SSSR count). The normalized spacial score (nSPS) is 19.7. The Bertz CT molecular complexity index is 897. The Balaban J connectivity index is 1.71. The molecule has 0 spiro atoms. The Morgan fingerprint density at radius 1 is 1.29 bits per heavy atom. The van der Waals surface area contributed by atoms with E-state index < -0.39 is 9.84 Å². The van der Waals surface area contributed by atoms with Gasteiger partial charge in [0.2, 0.25) is 5.91 Å². The Kier molecular flexibility index (Phi) is 4.42. The molecule has 1 atom stereocenters. The first-order chi connectivity index (χ1) is 11.2. The molecule has 1 aliphatic heterocycles. The smallest absolute Gasteiger partial charge is 0.224 e. The molecule has 1 aromatic heterocycles. The second-order valence-electron chi connectivity index (χ2n) is 6.98. The van der Waals surface area contributed by atoms with E-state index in [0.717, 1.165) is 22.2 Å². The minimum absolute atomic E-state index is 0.0486. The Morgan fingerprint density at radius 3 is 2.71 bits per heavy atom. The van der Waals surface area contributed by atoms with Crippen LogP contribution in [0, 0.1) is 26.7 Å². The number of amides is 1. The third-order valence-corrected chi connectivity index (χ3v) is 6.66. The van der Waals surface area contributed by atoms with Crippen molar-refractivity contribution in [3.8, 4) is 0 Å². The minimum Gasteiger partial charge on any atom is -0.358 e. The lowest BCUT2D eigenvalue weighted by Crippen LogP contribution is -2.31. The number of aryl methyl sites for hydroxylation is 3. The number of nitrogens with one attached hydrogen (secondary N) is 2. The second kappa shape index (κ2) is 6.24. The molecule has 1 aromatic carbocycles. The highest BCUT2D eigenvalue weighted by atomic mass is 32.2. The van der Waals surface area contributed by atoms with Gasteiger partial charge >= 0.3 is 0 Å². The summed E-state index contributed by atoms with van der Waals surface area (Å²) in [7, 11) is -2.89. The molecule has 0 radical (unpaired) electrons. The topological polar surface area (TPSA) is 79.0 Å². The zero-order chi connectivity index (χ0) is 17.5. The third kappa shape index (κ3) is 3.48. The van der Waals surface area contributed by atoms with Crippen LogP contribution < -0.4 is 5.32 Å². The highest BCUT2D eigenvalue weighted by Gasteiger charge is 2.28. The maximum Gasteiger partial charge on any atom is 0.224 e. The molecule has 1 amide bonds. The van der Waals surface area contributed by atoms with E-state index in [9.17, 15) is 13.2 Å². The Hall–Kier alpha value is -1.82. The fourth-order valence-electron chi connectivity index (χ4n) is 3.58. The second-order valence-corrected chi connectivity index (χ2v) is 9.21. The monoisotopic (exact) mass is 348 g/mol. The summed E-state index contributed by atoms with van der Waals surface area (Å²) >= 11 is 0. The zero-order valence-electron chi connectivity index (χ0n) is 14.4. The van der Waals surface area contributed by atoms with Crippen molar-refractivity contribution in [3.05, 3.63) is 34.5 Å². The number of sulfone groups is 1. The summed E-state index contributed by atoms with van der Waals surface area (Å²) in [5.41, 5.74) is 5.47. The number of carbonyl (C=O) groups excluding carboxylic acids is 1. The summed E-state index contributed by atoms with van der Waals surface area (Å²) in [6.07, 6.45) is 0.960. The minimum atomic E-state index is -2.89. The number of H-pyrrole nitrogens is 1. The van der Waals surface area contributed by atoms with Gasteiger partial charge in [0.05, 0.1) is 17.9 Å². The van der Waals surface area contributed by atoms with Crippen molar-refractivity contribution in [2.45, 2.75) is 33.6 Å². The molecule has 130 valence electrons. The summed E-state index contributed by atoms with van der Waals surface area (Å²) in [5.74, 6) is 0.431. The van der Waals surface area contributed by atoms with Crippen molar-refractivity contribution >= 4 is 26.6 Å². The third-order valence-electron chi connectivity index (χ3n) is 4.82. The van der Waals surface area contributed by atoms with Gasteiger partial charge in [-0.1, -0.05) is 11.6 Å². The first-order valence-electron chi connectivity index (χ1n) is 8.30. The van der Waals surface area contributed by atoms with Crippen LogP contribution in [0.15, 0.2) is 12.1 Å². The maximum absolute atomic E-state index is 12.3. The van der Waals surface area contributed by atoms with E-state index in [-0.39, 0.29) is 23.3 Å². The van der Waals surface area contributed by atoms with Gasteiger partial charge in [0.1, 0.15) is 0 Å². The van der Waals surface area contributed by atoms with E-state index in [1.165, 1.54) is 11.1 Å². The van der Waals surface area contributed by atoms with E-state index in [0.29, 0.717) is 19.4 Å². The van der Waals surface area contributed by atoms with Crippen LogP contribution in [0.2, 0.25) is 0 Å². The van der Waals surface area contributed by atoms with Gasteiger partial charge < -0.3 is 10.3 Å². The van der Waals surface area contributed by atoms with Crippen LogP contribution in [0.3, 0.4) is 0 Å². The zero-order valence-corrected chi connectivity index (χ0v) is 15.2. The van der Waals surface area contributed by atoms with Gasteiger partial charge in [-0.05, 0) is 50.3 Å². The van der Waals surface area contributed by atoms with Gasteiger partial charge in [-0.25, -0.2) is 8.42 Å². The van der Waals surface area contributed by atoms with Crippen LogP contribution in [0.1, 0.15) is 28.8 Å². The molecule has 2 aromatic rings. The molecule has 0 aliphatic carbocycles. The number of hydrogen-bond acceptors (Lipinski definition) is 3. The van der Waals surface area contributed by atoms with E-state index in [4.69, 9.17) is 0 Å². The van der Waals surface area contributed by atoms with E-state index >= 15 is 0 Å². The van der Waals surface area contributed by atoms with Crippen molar-refractivity contribution < 1.29 is 13.2 Å². The van der Waals surface area contributed by atoms with Crippen molar-refractivity contribution in [2.75, 3.05) is 18.1 Å². The molecular weight excluding hydrogens is 324 g/mol. The van der Waals surface area contributed by atoms with Crippen molar-refractivity contribution in [3.63, 3.8) is 0 Å². The molecule has 24 heavy (non-hydrogen) atoms. The quantitative estimate of drug-likeness (QED) is 0.889. The molecular formula is C18H24N2O3S. The number of aromatic nitrogens is 1. The molecule has 0 bridgehead atoms. The molecule has 1 fully saturated rings. The lowest BCUT2D eigenvalue weighted by molar-refractivity contribution is -0.120. The fraction of sp³-hybridized carbons (Fsp3) is 0.500. The van der Waals surface area contributed by atoms with Crippen LogP contribution in [0.25, 0.3) is 10.9 Å². The molecule has 2 heterocycles. The average Bonchev–Trinajstić information content (AvgIpc) is 2.98. The molecule has 1 aliphatic rings. The Morgan fingerprint density at radius 2 is 2.04 bits per heavy atom. The van der Waals surface area contributed by atoms with E-state index in [1.54, 1.807) is 0 Å². The summed E-state index contributed by atoms with van der Waals surface area (Å²) in [5, 5.41) is 4.01. The summed E-state index contributed by atoms with van der Waals surface area (Å²) in [6.45, 7) is 6.55. The first-order valence-corrected chi connectivity index (χ1v) is 10.1. The van der Waals surface area contributed by atoms with Crippen molar-refractivity contribution in [2.24, 2.45) is 5.92 Å². The highest BCUT2D eigenvalue weighted by molar-refractivity contribution is 7.91. The largest absolute Gasteiger partial charge is 0.358 e. The van der Waals surface area contributed by atoms with Crippen LogP contribution >= 0.6 is 0 Å². The van der Waals surface area contributed by atoms with Gasteiger partial charge in [0.25, 0.3) is 0 Å². The number of aromatic amines is 1. The first kappa shape index (κ1) is 17.0. The number of fused-ring (bicyclic) bond motifs is 1. The summed E-state index contributed by atoms with van der Waals surface area (Å²) < 4.78 is 23.0. The number of hydrogen-bond donors (Lipinski definition) is 2. The van der Waals surface area contributed by atoms with Crippen molar-refractivity contribution in [1.29, 1.82) is 0 Å². The van der Waals surface area contributed by atoms with E-state index in [1.807, 2.05) is 6.92 Å². The lowest BCUT2D eigenvalue weighted by atomic mass is 10.0. The van der Waals surface area contributed by atoms with Gasteiger partial charge in [0.15, 0.2) is 9.84 Å². The number of benzene rings is 1. The van der Waals surface area contributed by atoms with Gasteiger partial charge in [-0.15, -0.1) is 0 Å². The van der Waals surface area contributed by atoms with Crippen LogP contribution in [-0.4, -0.2) is 37.4 Å². The number of carbonyl (C=O) groups is 1. The highest BCUT2D eigenvalue weighted by Crippen LogP contribution is 2.26. The molecule has 0 saturated carbocycles. The molecule has 2 N–H and O–H groups in total. The van der Waals surface area contributed by atoms with Crippen LogP contribution in [-0.2, 0) is 21.1 Å².